The van der Waals surface area contributed by atoms with E-state index in [2.05, 4.69) is 32.1 Å². The molecular formula is C27H27N7O3S. The van der Waals surface area contributed by atoms with Gasteiger partial charge in [-0.1, -0.05) is 12.1 Å². The molecule has 10 nitrogen and oxygen atoms in total. The van der Waals surface area contributed by atoms with Crippen LogP contribution in [0.1, 0.15) is 28.2 Å². The first-order valence-corrected chi connectivity index (χ1v) is 13.7. The number of carbonyl (C=O) groups excluding carboxylic acids is 1. The lowest BCUT2D eigenvalue weighted by Crippen LogP contribution is -2.32. The molecule has 38 heavy (non-hydrogen) atoms. The molecule has 0 aliphatic carbocycles. The lowest BCUT2D eigenvalue weighted by Gasteiger charge is -2.22. The molecule has 3 aromatic heterocycles. The number of anilines is 1. The third kappa shape index (κ3) is 4.17. The highest BCUT2D eigenvalue weighted by Gasteiger charge is 2.35. The van der Waals surface area contributed by atoms with Gasteiger partial charge >= 0.3 is 0 Å². The molecule has 1 unspecified atom stereocenters. The second-order valence-corrected chi connectivity index (χ2v) is 11.0. The molecule has 0 saturated carbocycles. The first-order valence-electron chi connectivity index (χ1n) is 12.5. The number of pyridine rings is 2. The van der Waals surface area contributed by atoms with E-state index in [9.17, 15) is 13.8 Å². The highest BCUT2D eigenvalue weighted by Crippen LogP contribution is 2.36. The van der Waals surface area contributed by atoms with Crippen LogP contribution in [0.4, 0.5) is 5.82 Å². The lowest BCUT2D eigenvalue weighted by molar-refractivity contribution is 0.0945. The van der Waals surface area contributed by atoms with Crippen LogP contribution in [0.3, 0.4) is 0 Å². The van der Waals surface area contributed by atoms with Gasteiger partial charge in [0.05, 0.1) is 40.1 Å². The molecule has 194 valence electrons. The zero-order valence-corrected chi connectivity index (χ0v) is 22.0. The number of carbonyl (C=O) groups is 1. The number of hydrogen-bond acceptors (Lipinski definition) is 8. The molecule has 5 heterocycles. The van der Waals surface area contributed by atoms with Crippen molar-refractivity contribution in [2.75, 3.05) is 38.1 Å². The Bertz CT molecular complexity index is 1650. The lowest BCUT2D eigenvalue weighted by atomic mass is 10.1. The van der Waals surface area contributed by atoms with Gasteiger partial charge < -0.3 is 15.1 Å². The summed E-state index contributed by atoms with van der Waals surface area (Å²) in [5.74, 6) is 0.149. The van der Waals surface area contributed by atoms with Crippen molar-refractivity contribution in [1.29, 1.82) is 0 Å². The highest BCUT2D eigenvalue weighted by atomic mass is 32.2. The largest absolute Gasteiger partial charge is 0.355 e. The van der Waals surface area contributed by atoms with E-state index in [1.54, 1.807) is 35.2 Å². The van der Waals surface area contributed by atoms with E-state index < -0.39 is 22.1 Å². The number of amides is 1. The summed E-state index contributed by atoms with van der Waals surface area (Å²) in [5, 5.41) is 3.22. The maximum absolute atomic E-state index is 13.8. The summed E-state index contributed by atoms with van der Waals surface area (Å²) in [6, 6.07) is 10.8. The molecule has 1 N–H and O–H groups in total. The van der Waals surface area contributed by atoms with Crippen molar-refractivity contribution in [2.24, 2.45) is 0 Å². The summed E-state index contributed by atoms with van der Waals surface area (Å²) in [5.41, 5.74) is 1.75. The van der Waals surface area contributed by atoms with Crippen LogP contribution in [-0.4, -0.2) is 67.8 Å². The molecule has 1 fully saturated rings. The van der Waals surface area contributed by atoms with E-state index in [4.69, 9.17) is 4.98 Å². The predicted octanol–water partition coefficient (Wildman–Crippen LogP) is 2.04. The van der Waals surface area contributed by atoms with Crippen molar-refractivity contribution in [2.45, 2.75) is 29.8 Å². The normalized spacial score (nSPS) is 17.2. The number of hydrogen-bond donors (Lipinski definition) is 1. The van der Waals surface area contributed by atoms with E-state index in [-0.39, 0.29) is 17.1 Å². The Hall–Kier alpha value is -3.96. The SMILES string of the molecule is Cc1cnc(CNC(=O)c2c3n(c4nc(N5CCCN(C)CC5)ccc4c2=O)-c2ccccc2S3=O)cn1. The summed E-state index contributed by atoms with van der Waals surface area (Å²) in [7, 11) is 0.378. The van der Waals surface area contributed by atoms with Crippen molar-refractivity contribution in [3.63, 3.8) is 0 Å². The Morgan fingerprint density at radius 3 is 2.71 bits per heavy atom. The van der Waals surface area contributed by atoms with Crippen LogP contribution in [0, 0.1) is 6.92 Å². The fourth-order valence-corrected chi connectivity index (χ4v) is 6.43. The molecule has 4 aromatic rings. The molecule has 6 rings (SSSR count). The van der Waals surface area contributed by atoms with Crippen molar-refractivity contribution in [3.05, 3.63) is 76.0 Å². The van der Waals surface area contributed by atoms with Gasteiger partial charge in [-0.3, -0.25) is 24.1 Å². The Morgan fingerprint density at radius 1 is 1.05 bits per heavy atom. The number of para-hydroxylation sites is 1. The van der Waals surface area contributed by atoms with Gasteiger partial charge in [-0.2, -0.15) is 0 Å². The van der Waals surface area contributed by atoms with Gasteiger partial charge in [0.15, 0.2) is 5.65 Å². The minimum atomic E-state index is -1.73. The summed E-state index contributed by atoms with van der Waals surface area (Å²) in [4.78, 5) is 45.6. The summed E-state index contributed by atoms with van der Waals surface area (Å²) < 4.78 is 15.4. The Labute approximate surface area is 221 Å². The topological polar surface area (TPSA) is 113 Å². The number of aromatic nitrogens is 4. The van der Waals surface area contributed by atoms with Gasteiger partial charge in [0, 0.05) is 25.8 Å². The molecule has 2 aliphatic heterocycles. The van der Waals surface area contributed by atoms with Crippen LogP contribution in [-0.2, 0) is 17.3 Å². The molecular weight excluding hydrogens is 502 g/mol. The Kier molecular flexibility index (Phi) is 6.24. The van der Waals surface area contributed by atoms with Crippen LogP contribution < -0.4 is 15.6 Å². The van der Waals surface area contributed by atoms with E-state index in [0.717, 1.165) is 44.1 Å². The van der Waals surface area contributed by atoms with Gasteiger partial charge in [0.25, 0.3) is 5.91 Å². The van der Waals surface area contributed by atoms with Crippen LogP contribution in [0.2, 0.25) is 0 Å². The number of benzene rings is 1. The maximum Gasteiger partial charge on any atom is 0.258 e. The van der Waals surface area contributed by atoms with Gasteiger partial charge in [-0.15, -0.1) is 0 Å². The van der Waals surface area contributed by atoms with Gasteiger partial charge in [0.2, 0.25) is 5.43 Å². The van der Waals surface area contributed by atoms with Gasteiger partial charge in [-0.25, -0.2) is 9.19 Å². The molecule has 0 bridgehead atoms. The first-order chi connectivity index (χ1) is 18.4. The standard InChI is InChI=1S/C27H27N7O3S/c1-17-14-29-18(15-28-17)16-30-26(36)23-24(35)19-8-9-22(33-11-5-10-32(2)12-13-33)31-25(19)34-20-6-3-4-7-21(20)38(37)27(23)34/h3-4,6-9,14-15H,5,10-13,16H2,1-2H3,(H,30,36). The summed E-state index contributed by atoms with van der Waals surface area (Å²) in [6.45, 7) is 5.50. The van der Waals surface area contributed by atoms with Crippen LogP contribution >= 0.6 is 0 Å². The minimum absolute atomic E-state index is 0.0865. The number of likely N-dealkylation sites (N-methyl/N-ethyl adjacent to an activating group) is 1. The molecule has 2 aliphatic rings. The predicted molar refractivity (Wildman–Crippen MR) is 144 cm³/mol. The quantitative estimate of drug-likeness (QED) is 0.376. The number of rotatable bonds is 4. The van der Waals surface area contributed by atoms with Crippen LogP contribution in [0.5, 0.6) is 0 Å². The van der Waals surface area contributed by atoms with E-state index >= 15 is 0 Å². The highest BCUT2D eigenvalue weighted by molar-refractivity contribution is 7.85. The molecule has 0 spiro atoms. The number of aryl methyl sites for hydroxylation is 1. The maximum atomic E-state index is 13.8. The first kappa shape index (κ1) is 24.4. The number of fused-ring (bicyclic) bond motifs is 5. The fourth-order valence-electron chi connectivity index (χ4n) is 4.95. The Morgan fingerprint density at radius 2 is 1.89 bits per heavy atom. The molecule has 1 aromatic carbocycles. The van der Waals surface area contributed by atoms with Crippen molar-refractivity contribution < 1.29 is 9.00 Å². The smallest absolute Gasteiger partial charge is 0.258 e. The average Bonchev–Trinajstić information content (AvgIpc) is 3.06. The second-order valence-electron chi connectivity index (χ2n) is 9.60. The van der Waals surface area contributed by atoms with E-state index in [1.165, 1.54) is 0 Å². The zero-order valence-electron chi connectivity index (χ0n) is 21.2. The van der Waals surface area contributed by atoms with Crippen LogP contribution in [0.25, 0.3) is 16.7 Å². The summed E-state index contributed by atoms with van der Waals surface area (Å²) >= 11 is 0. The van der Waals surface area contributed by atoms with Crippen molar-refractivity contribution in [1.82, 2.24) is 29.7 Å². The third-order valence-electron chi connectivity index (χ3n) is 6.98. The Balaban J connectivity index is 1.48. The zero-order chi connectivity index (χ0) is 26.4. The summed E-state index contributed by atoms with van der Waals surface area (Å²) in [6.07, 6.45) is 4.19. The molecule has 0 radical (unpaired) electrons. The van der Waals surface area contributed by atoms with Crippen molar-refractivity contribution in [3.8, 4) is 5.69 Å². The molecule has 1 amide bonds. The third-order valence-corrected chi connectivity index (χ3v) is 8.46. The second kappa shape index (κ2) is 9.73. The van der Waals surface area contributed by atoms with E-state index in [1.807, 2.05) is 25.1 Å². The minimum Gasteiger partial charge on any atom is -0.355 e. The molecule has 1 atom stereocenters. The average molecular weight is 530 g/mol. The number of nitrogens with one attached hydrogen (secondary N) is 1. The van der Waals surface area contributed by atoms with E-state index in [0.29, 0.717) is 27.3 Å². The van der Waals surface area contributed by atoms with Gasteiger partial charge in [-0.05, 0) is 51.2 Å². The van der Waals surface area contributed by atoms with Crippen LogP contribution in [0.15, 0.2) is 63.5 Å². The van der Waals surface area contributed by atoms with Crippen molar-refractivity contribution >= 4 is 33.6 Å². The van der Waals surface area contributed by atoms with Gasteiger partial charge in [0.1, 0.15) is 27.2 Å². The molecule has 11 heteroatoms. The number of nitrogens with zero attached hydrogens (tertiary/aromatic N) is 6. The monoisotopic (exact) mass is 529 g/mol. The fraction of sp³-hybridized carbons (Fsp3) is 0.296. The molecule has 1 saturated heterocycles.